The van der Waals surface area contributed by atoms with Crippen molar-refractivity contribution in [1.82, 2.24) is 4.90 Å². The first-order valence-corrected chi connectivity index (χ1v) is 6.09. The second-order valence-electron chi connectivity index (χ2n) is 4.32. The molecule has 0 bridgehead atoms. The predicted octanol–water partition coefficient (Wildman–Crippen LogP) is 2.11. The smallest absolute Gasteiger partial charge is 0.323 e. The number of benzene rings is 1. The van der Waals surface area contributed by atoms with E-state index in [1.807, 2.05) is 37.3 Å². The number of carbonyl (C=O) groups is 2. The summed E-state index contributed by atoms with van der Waals surface area (Å²) >= 11 is 0. The summed E-state index contributed by atoms with van der Waals surface area (Å²) in [6.07, 6.45) is 0.338. The van der Waals surface area contributed by atoms with Crippen LogP contribution in [0.25, 0.3) is 0 Å². The normalized spacial score (nSPS) is 11.9. The van der Waals surface area contributed by atoms with Gasteiger partial charge in [0.05, 0.1) is 0 Å². The molecule has 1 amide bonds. The van der Waals surface area contributed by atoms with Crippen LogP contribution in [0.15, 0.2) is 30.3 Å². The third-order valence-corrected chi connectivity index (χ3v) is 2.91. The zero-order chi connectivity index (χ0) is 13.5. The van der Waals surface area contributed by atoms with E-state index in [9.17, 15) is 9.59 Å². The van der Waals surface area contributed by atoms with Crippen LogP contribution >= 0.6 is 0 Å². The van der Waals surface area contributed by atoms with Gasteiger partial charge >= 0.3 is 5.97 Å². The second kappa shape index (κ2) is 6.79. The molecule has 0 radical (unpaired) electrons. The highest BCUT2D eigenvalue weighted by Gasteiger charge is 2.18. The number of hydrogen-bond donors (Lipinski definition) is 1. The van der Waals surface area contributed by atoms with Gasteiger partial charge in [-0.3, -0.25) is 9.59 Å². The minimum Gasteiger partial charge on any atom is -0.480 e. The van der Waals surface area contributed by atoms with E-state index < -0.39 is 5.97 Å². The monoisotopic (exact) mass is 249 g/mol. The average molecular weight is 249 g/mol. The topological polar surface area (TPSA) is 57.6 Å². The van der Waals surface area contributed by atoms with E-state index in [-0.39, 0.29) is 18.4 Å². The molecule has 0 aliphatic rings. The van der Waals surface area contributed by atoms with Gasteiger partial charge in [0.15, 0.2) is 0 Å². The summed E-state index contributed by atoms with van der Waals surface area (Å²) in [7, 11) is 0. The van der Waals surface area contributed by atoms with Crippen molar-refractivity contribution in [2.45, 2.75) is 26.2 Å². The Hall–Kier alpha value is -1.84. The molecule has 4 nitrogen and oxygen atoms in total. The molecule has 0 saturated carbocycles. The van der Waals surface area contributed by atoms with Crippen molar-refractivity contribution in [3.8, 4) is 0 Å². The van der Waals surface area contributed by atoms with E-state index in [1.165, 1.54) is 4.90 Å². The van der Waals surface area contributed by atoms with Crippen LogP contribution in [-0.2, 0) is 9.59 Å². The van der Waals surface area contributed by atoms with Gasteiger partial charge in [0.25, 0.3) is 0 Å². The molecule has 1 aromatic rings. The fourth-order valence-corrected chi connectivity index (χ4v) is 1.83. The molecule has 98 valence electrons. The van der Waals surface area contributed by atoms with Crippen molar-refractivity contribution in [2.75, 3.05) is 13.1 Å². The molecular weight excluding hydrogens is 230 g/mol. The summed E-state index contributed by atoms with van der Waals surface area (Å²) in [5.41, 5.74) is 1.09. The van der Waals surface area contributed by atoms with Crippen LogP contribution < -0.4 is 0 Å². The Labute approximate surface area is 107 Å². The van der Waals surface area contributed by atoms with Crippen LogP contribution in [0.3, 0.4) is 0 Å². The van der Waals surface area contributed by atoms with Crippen molar-refractivity contribution >= 4 is 11.9 Å². The van der Waals surface area contributed by atoms with Gasteiger partial charge in [0.1, 0.15) is 6.54 Å². The van der Waals surface area contributed by atoms with Crippen molar-refractivity contribution in [3.63, 3.8) is 0 Å². The zero-order valence-corrected chi connectivity index (χ0v) is 10.8. The molecule has 1 atom stereocenters. The maximum absolute atomic E-state index is 12.0. The summed E-state index contributed by atoms with van der Waals surface area (Å²) in [5.74, 6) is -0.990. The summed E-state index contributed by atoms with van der Waals surface area (Å²) in [5, 5.41) is 8.72. The Bertz CT molecular complexity index is 403. The van der Waals surface area contributed by atoms with Gasteiger partial charge in [-0.2, -0.15) is 0 Å². The third-order valence-electron chi connectivity index (χ3n) is 2.91. The lowest BCUT2D eigenvalue weighted by atomic mass is 9.97. The molecule has 0 saturated heterocycles. The van der Waals surface area contributed by atoms with Gasteiger partial charge in [0.2, 0.25) is 5.91 Å². The summed E-state index contributed by atoms with van der Waals surface area (Å²) in [6.45, 7) is 3.96. The third kappa shape index (κ3) is 4.20. The molecule has 0 aliphatic carbocycles. The molecule has 1 N–H and O–H groups in total. The molecule has 0 aliphatic heterocycles. The highest BCUT2D eigenvalue weighted by molar-refractivity contribution is 5.81. The van der Waals surface area contributed by atoms with Crippen LogP contribution in [0.2, 0.25) is 0 Å². The van der Waals surface area contributed by atoms with E-state index in [1.54, 1.807) is 6.92 Å². The Morgan fingerprint density at radius 3 is 2.39 bits per heavy atom. The van der Waals surface area contributed by atoms with Crippen molar-refractivity contribution < 1.29 is 14.7 Å². The lowest BCUT2D eigenvalue weighted by Gasteiger charge is -2.21. The van der Waals surface area contributed by atoms with Gasteiger partial charge in [-0.05, 0) is 18.4 Å². The largest absolute Gasteiger partial charge is 0.480 e. The summed E-state index contributed by atoms with van der Waals surface area (Å²) in [4.78, 5) is 24.0. The Morgan fingerprint density at radius 1 is 1.28 bits per heavy atom. The van der Waals surface area contributed by atoms with E-state index in [0.29, 0.717) is 13.0 Å². The fourth-order valence-electron chi connectivity index (χ4n) is 1.83. The SMILES string of the molecule is CCN(CC(=O)O)C(=O)CC(C)c1ccccc1. The number of nitrogens with zero attached hydrogens (tertiary/aromatic N) is 1. The highest BCUT2D eigenvalue weighted by Crippen LogP contribution is 2.19. The summed E-state index contributed by atoms with van der Waals surface area (Å²) < 4.78 is 0. The fraction of sp³-hybridized carbons (Fsp3) is 0.429. The second-order valence-corrected chi connectivity index (χ2v) is 4.32. The van der Waals surface area contributed by atoms with Gasteiger partial charge in [-0.25, -0.2) is 0 Å². The lowest BCUT2D eigenvalue weighted by Crippen LogP contribution is -2.35. The highest BCUT2D eigenvalue weighted by atomic mass is 16.4. The molecule has 0 heterocycles. The molecule has 1 unspecified atom stereocenters. The zero-order valence-electron chi connectivity index (χ0n) is 10.8. The lowest BCUT2D eigenvalue weighted by molar-refractivity contribution is -0.144. The Morgan fingerprint density at radius 2 is 1.89 bits per heavy atom. The van der Waals surface area contributed by atoms with Gasteiger partial charge < -0.3 is 10.0 Å². The number of carboxylic acids is 1. The van der Waals surface area contributed by atoms with E-state index in [0.717, 1.165) is 5.56 Å². The molecule has 0 aromatic heterocycles. The molecule has 1 rings (SSSR count). The number of aliphatic carboxylic acids is 1. The first-order chi connectivity index (χ1) is 8.54. The van der Waals surface area contributed by atoms with Crippen LogP contribution in [-0.4, -0.2) is 35.0 Å². The number of carboxylic acid groups (broad SMARTS) is 1. The van der Waals surface area contributed by atoms with Crippen molar-refractivity contribution in [2.24, 2.45) is 0 Å². The molecule has 0 spiro atoms. The van der Waals surface area contributed by atoms with Gasteiger partial charge in [-0.1, -0.05) is 37.3 Å². The van der Waals surface area contributed by atoms with Gasteiger partial charge in [-0.15, -0.1) is 0 Å². The Balaban J connectivity index is 2.60. The predicted molar refractivity (Wildman–Crippen MR) is 69.4 cm³/mol. The van der Waals surface area contributed by atoms with E-state index in [4.69, 9.17) is 5.11 Å². The molecule has 4 heteroatoms. The number of hydrogen-bond acceptors (Lipinski definition) is 2. The maximum atomic E-state index is 12.0. The van der Waals surface area contributed by atoms with Crippen LogP contribution in [0.1, 0.15) is 31.7 Å². The molecule has 18 heavy (non-hydrogen) atoms. The summed E-state index contributed by atoms with van der Waals surface area (Å²) in [6, 6.07) is 9.76. The number of rotatable bonds is 6. The molecule has 0 fully saturated rings. The average Bonchev–Trinajstić information content (AvgIpc) is 2.36. The minimum atomic E-state index is -0.974. The van der Waals surface area contributed by atoms with Crippen LogP contribution in [0.4, 0.5) is 0 Å². The van der Waals surface area contributed by atoms with Crippen LogP contribution in [0.5, 0.6) is 0 Å². The molecule has 1 aromatic carbocycles. The molecular formula is C14H19NO3. The van der Waals surface area contributed by atoms with Gasteiger partial charge in [0, 0.05) is 13.0 Å². The first-order valence-electron chi connectivity index (χ1n) is 6.09. The number of amides is 1. The maximum Gasteiger partial charge on any atom is 0.323 e. The van der Waals surface area contributed by atoms with E-state index in [2.05, 4.69) is 0 Å². The minimum absolute atomic E-state index is 0.0987. The number of carbonyl (C=O) groups excluding carboxylic acids is 1. The first kappa shape index (κ1) is 14.2. The van der Waals surface area contributed by atoms with Crippen molar-refractivity contribution in [1.29, 1.82) is 0 Å². The Kier molecular flexibility index (Phi) is 5.36. The van der Waals surface area contributed by atoms with E-state index >= 15 is 0 Å². The van der Waals surface area contributed by atoms with Crippen LogP contribution in [0, 0.1) is 0 Å². The quantitative estimate of drug-likeness (QED) is 0.840. The van der Waals surface area contributed by atoms with Crippen molar-refractivity contribution in [3.05, 3.63) is 35.9 Å². The number of likely N-dealkylation sites (N-methyl/N-ethyl adjacent to an activating group) is 1. The standard InChI is InChI=1S/C14H19NO3/c1-3-15(10-14(17)18)13(16)9-11(2)12-7-5-4-6-8-12/h4-8,11H,3,9-10H2,1-2H3,(H,17,18).